The maximum absolute atomic E-state index is 11.5. The SMILES string of the molecule is C[C@H](OCC(=O)Nc1cc(Cl)c(Cl)cc1Cl)C(=O)O. The van der Waals surface area contributed by atoms with E-state index in [1.807, 2.05) is 0 Å². The molecule has 1 aromatic carbocycles. The van der Waals surface area contributed by atoms with Gasteiger partial charge >= 0.3 is 5.97 Å². The van der Waals surface area contributed by atoms with Gasteiger partial charge in [0.2, 0.25) is 5.91 Å². The molecular weight excluding hydrogens is 316 g/mol. The van der Waals surface area contributed by atoms with Crippen LogP contribution in [0.1, 0.15) is 6.92 Å². The van der Waals surface area contributed by atoms with Crippen molar-refractivity contribution in [2.45, 2.75) is 13.0 Å². The maximum Gasteiger partial charge on any atom is 0.332 e. The van der Waals surface area contributed by atoms with Crippen LogP contribution in [-0.2, 0) is 14.3 Å². The van der Waals surface area contributed by atoms with Gasteiger partial charge in [-0.05, 0) is 19.1 Å². The van der Waals surface area contributed by atoms with E-state index in [1.54, 1.807) is 0 Å². The highest BCUT2D eigenvalue weighted by Crippen LogP contribution is 2.32. The molecule has 5 nitrogen and oxygen atoms in total. The molecule has 0 unspecified atom stereocenters. The first-order valence-electron chi connectivity index (χ1n) is 5.10. The van der Waals surface area contributed by atoms with E-state index < -0.39 is 24.6 Å². The Morgan fingerprint density at radius 1 is 1.26 bits per heavy atom. The lowest BCUT2D eigenvalue weighted by atomic mass is 10.3. The second-order valence-corrected chi connectivity index (χ2v) is 4.81. The highest BCUT2D eigenvalue weighted by molar-refractivity contribution is 6.44. The molecule has 0 spiro atoms. The molecule has 104 valence electrons. The highest BCUT2D eigenvalue weighted by atomic mass is 35.5. The molecule has 0 aromatic heterocycles. The molecule has 0 radical (unpaired) electrons. The number of hydrogen-bond donors (Lipinski definition) is 2. The van der Waals surface area contributed by atoms with Gasteiger partial charge in [0, 0.05) is 0 Å². The minimum Gasteiger partial charge on any atom is -0.479 e. The molecule has 0 saturated carbocycles. The molecule has 1 amide bonds. The van der Waals surface area contributed by atoms with Gasteiger partial charge in [-0.25, -0.2) is 4.79 Å². The van der Waals surface area contributed by atoms with E-state index in [0.29, 0.717) is 0 Å². The van der Waals surface area contributed by atoms with Gasteiger partial charge in [0.1, 0.15) is 6.61 Å². The highest BCUT2D eigenvalue weighted by Gasteiger charge is 2.14. The number of amides is 1. The van der Waals surface area contributed by atoms with Crippen LogP contribution in [0.15, 0.2) is 12.1 Å². The third kappa shape index (κ3) is 4.87. The van der Waals surface area contributed by atoms with Crippen LogP contribution >= 0.6 is 34.8 Å². The molecule has 0 saturated heterocycles. The van der Waals surface area contributed by atoms with E-state index in [0.717, 1.165) is 0 Å². The van der Waals surface area contributed by atoms with Crippen molar-refractivity contribution in [3.63, 3.8) is 0 Å². The van der Waals surface area contributed by atoms with Crippen LogP contribution in [0, 0.1) is 0 Å². The van der Waals surface area contributed by atoms with Crippen LogP contribution < -0.4 is 5.32 Å². The van der Waals surface area contributed by atoms with Gasteiger partial charge in [-0.3, -0.25) is 4.79 Å². The lowest BCUT2D eigenvalue weighted by Gasteiger charge is -2.10. The third-order valence-electron chi connectivity index (χ3n) is 2.10. The minimum atomic E-state index is -1.15. The Morgan fingerprint density at radius 3 is 2.42 bits per heavy atom. The Bertz CT molecular complexity index is 507. The van der Waals surface area contributed by atoms with Gasteiger partial charge in [0.25, 0.3) is 0 Å². The minimum absolute atomic E-state index is 0.217. The quantitative estimate of drug-likeness (QED) is 0.815. The number of benzene rings is 1. The molecule has 0 fully saturated rings. The molecule has 8 heteroatoms. The summed E-state index contributed by atoms with van der Waals surface area (Å²) in [6.07, 6.45) is -1.07. The van der Waals surface area contributed by atoms with Crippen molar-refractivity contribution in [1.82, 2.24) is 0 Å². The molecule has 1 rings (SSSR count). The van der Waals surface area contributed by atoms with E-state index in [2.05, 4.69) is 5.32 Å². The number of ether oxygens (including phenoxy) is 1. The first-order chi connectivity index (χ1) is 8.81. The summed E-state index contributed by atoms with van der Waals surface area (Å²) in [4.78, 5) is 22.0. The Labute approximate surface area is 124 Å². The van der Waals surface area contributed by atoms with Crippen molar-refractivity contribution >= 4 is 52.4 Å². The summed E-state index contributed by atoms with van der Waals surface area (Å²) >= 11 is 17.4. The number of rotatable bonds is 5. The summed E-state index contributed by atoms with van der Waals surface area (Å²) in [5, 5.41) is 11.7. The molecular formula is C11H10Cl3NO4. The van der Waals surface area contributed by atoms with E-state index in [9.17, 15) is 9.59 Å². The molecule has 0 aliphatic heterocycles. The van der Waals surface area contributed by atoms with Crippen molar-refractivity contribution in [3.8, 4) is 0 Å². The van der Waals surface area contributed by atoms with E-state index >= 15 is 0 Å². The number of hydrogen-bond acceptors (Lipinski definition) is 3. The van der Waals surface area contributed by atoms with E-state index in [1.165, 1.54) is 19.1 Å². The first-order valence-corrected chi connectivity index (χ1v) is 6.23. The van der Waals surface area contributed by atoms with Gasteiger partial charge < -0.3 is 15.2 Å². The smallest absolute Gasteiger partial charge is 0.332 e. The molecule has 1 atom stereocenters. The normalized spacial score (nSPS) is 12.0. The van der Waals surface area contributed by atoms with Crippen LogP contribution in [0.2, 0.25) is 15.1 Å². The van der Waals surface area contributed by atoms with Gasteiger partial charge in [-0.15, -0.1) is 0 Å². The van der Waals surface area contributed by atoms with Gasteiger partial charge in [-0.1, -0.05) is 34.8 Å². The van der Waals surface area contributed by atoms with Gasteiger partial charge in [0.15, 0.2) is 6.10 Å². The summed E-state index contributed by atoms with van der Waals surface area (Å²) in [6.45, 7) is 0.909. The number of carboxylic acids is 1. The largest absolute Gasteiger partial charge is 0.479 e. The number of carbonyl (C=O) groups excluding carboxylic acids is 1. The molecule has 0 heterocycles. The topological polar surface area (TPSA) is 75.6 Å². The van der Waals surface area contributed by atoms with Gasteiger partial charge in [-0.2, -0.15) is 0 Å². The average molecular weight is 327 g/mol. The van der Waals surface area contributed by atoms with Crippen molar-refractivity contribution in [2.75, 3.05) is 11.9 Å². The zero-order valence-electron chi connectivity index (χ0n) is 9.75. The maximum atomic E-state index is 11.5. The Hall–Kier alpha value is -1.01. The van der Waals surface area contributed by atoms with Crippen molar-refractivity contribution in [2.24, 2.45) is 0 Å². The molecule has 19 heavy (non-hydrogen) atoms. The summed E-state index contributed by atoms with van der Waals surface area (Å²) < 4.78 is 4.82. The fraction of sp³-hybridized carbons (Fsp3) is 0.273. The number of halogens is 3. The first kappa shape index (κ1) is 16.0. The Kier molecular flexibility index (Phi) is 5.87. The Balaban J connectivity index is 2.62. The summed E-state index contributed by atoms with van der Waals surface area (Å²) in [5.74, 6) is -1.70. The van der Waals surface area contributed by atoms with E-state index in [4.69, 9.17) is 44.6 Å². The second kappa shape index (κ2) is 6.96. The van der Waals surface area contributed by atoms with Crippen LogP contribution in [0.4, 0.5) is 5.69 Å². The standard InChI is InChI=1S/C11H10Cl3NO4/c1-5(11(17)18)19-4-10(16)15-9-3-7(13)6(12)2-8(9)14/h2-3,5H,4H2,1H3,(H,15,16)(H,17,18)/t5-/m0/s1. The third-order valence-corrected chi connectivity index (χ3v) is 3.13. The number of carboxylic acid groups (broad SMARTS) is 1. The predicted octanol–water partition coefficient (Wildman–Crippen LogP) is 3.08. The monoisotopic (exact) mass is 325 g/mol. The number of carbonyl (C=O) groups is 2. The summed E-state index contributed by atoms with van der Waals surface area (Å²) in [7, 11) is 0. The van der Waals surface area contributed by atoms with Crippen molar-refractivity contribution < 1.29 is 19.4 Å². The molecule has 1 aromatic rings. The fourth-order valence-electron chi connectivity index (χ4n) is 1.08. The lowest BCUT2D eigenvalue weighted by Crippen LogP contribution is -2.26. The van der Waals surface area contributed by atoms with Crippen molar-refractivity contribution in [1.29, 1.82) is 0 Å². The summed E-state index contributed by atoms with van der Waals surface area (Å²) in [5.41, 5.74) is 0.271. The zero-order chi connectivity index (χ0) is 14.6. The van der Waals surface area contributed by atoms with Crippen LogP contribution in [0.25, 0.3) is 0 Å². The fourth-order valence-corrected chi connectivity index (χ4v) is 1.67. The van der Waals surface area contributed by atoms with Crippen LogP contribution in [0.3, 0.4) is 0 Å². The number of anilines is 1. The molecule has 2 N–H and O–H groups in total. The molecule has 0 aliphatic carbocycles. The molecule has 0 bridgehead atoms. The average Bonchev–Trinajstić information content (AvgIpc) is 2.32. The molecule has 0 aliphatic rings. The van der Waals surface area contributed by atoms with Crippen molar-refractivity contribution in [3.05, 3.63) is 27.2 Å². The van der Waals surface area contributed by atoms with Gasteiger partial charge in [0.05, 0.1) is 20.8 Å². The van der Waals surface area contributed by atoms with Crippen LogP contribution in [-0.4, -0.2) is 29.7 Å². The zero-order valence-corrected chi connectivity index (χ0v) is 12.0. The lowest BCUT2D eigenvalue weighted by molar-refractivity contribution is -0.150. The van der Waals surface area contributed by atoms with Crippen LogP contribution in [0.5, 0.6) is 0 Å². The predicted molar refractivity (Wildman–Crippen MR) is 73.2 cm³/mol. The Morgan fingerprint density at radius 2 is 1.84 bits per heavy atom. The number of nitrogens with one attached hydrogen (secondary N) is 1. The summed E-state index contributed by atoms with van der Waals surface area (Å²) in [6, 6.07) is 2.78. The number of aliphatic carboxylic acids is 1. The second-order valence-electron chi connectivity index (χ2n) is 3.59. The van der Waals surface area contributed by atoms with E-state index in [-0.39, 0.29) is 20.8 Å².